The van der Waals surface area contributed by atoms with Gasteiger partial charge in [-0.15, -0.1) is 0 Å². The Hall–Kier alpha value is -2.52. The monoisotopic (exact) mass is 1360 g/mol. The zero-order valence-electron chi connectivity index (χ0n) is 60.0. The highest BCUT2D eigenvalue weighted by Crippen LogP contribution is 2.33. The fourth-order valence-corrected chi connectivity index (χ4v) is 9.13. The summed E-state index contributed by atoms with van der Waals surface area (Å²) < 4.78 is 148. The summed E-state index contributed by atoms with van der Waals surface area (Å²) in [4.78, 5) is 33.0. The van der Waals surface area contributed by atoms with Crippen LogP contribution in [0.1, 0.15) is 158 Å². The SMILES string of the molecule is CC(C)(C)OC(=O)N(CCF)CCOC1CCCCO1.CC(C)(C)OC(=O)N(CF)CCOC1CCCCO1.CCN(CCF)CCOC1(OC)CCCCC1.CCN(CF)CCOC1(OC)CCCCC1.COCOCCN(C)CCF.COCOCCN(C)CF. The number of halogens is 6. The third kappa shape index (κ3) is 52.2. The summed E-state index contributed by atoms with van der Waals surface area (Å²) in [6.07, 6.45) is 15.5. The van der Waals surface area contributed by atoms with Gasteiger partial charge in [0.15, 0.2) is 31.0 Å². The lowest BCUT2D eigenvalue weighted by Crippen LogP contribution is -2.40. The Morgan fingerprint density at radius 1 is 0.452 bits per heavy atom. The molecule has 4 fully saturated rings. The average molecular weight is 1370 g/mol. The number of likely N-dealkylation sites (N-methyl/N-ethyl adjacent to an activating group) is 4. The Balaban J connectivity index is 0. The number of carbonyl (C=O) groups is 2. The molecule has 2 heterocycles. The van der Waals surface area contributed by atoms with Crippen molar-refractivity contribution in [3.05, 3.63) is 0 Å². The fourth-order valence-electron chi connectivity index (χ4n) is 9.13. The quantitative estimate of drug-likeness (QED) is 0.0245. The van der Waals surface area contributed by atoms with Crippen LogP contribution in [0, 0.1) is 0 Å². The van der Waals surface area contributed by atoms with E-state index in [1.165, 1.54) is 35.5 Å². The molecule has 4 rings (SSSR count). The lowest BCUT2D eigenvalue weighted by atomic mass is 9.94. The van der Waals surface area contributed by atoms with Gasteiger partial charge in [-0.3, -0.25) is 19.6 Å². The van der Waals surface area contributed by atoms with Crippen LogP contribution in [-0.2, 0) is 66.3 Å². The number of hydrogen-bond donors (Lipinski definition) is 0. The number of methoxy groups -OCH3 is 4. The Morgan fingerprint density at radius 2 is 0.871 bits per heavy atom. The number of alkyl halides is 6. The van der Waals surface area contributed by atoms with Gasteiger partial charge in [0.2, 0.25) is 0 Å². The van der Waals surface area contributed by atoms with Crippen molar-refractivity contribution in [1.82, 2.24) is 29.4 Å². The first-order valence-electron chi connectivity index (χ1n) is 33.6. The topological polar surface area (TPSA) is 183 Å². The van der Waals surface area contributed by atoms with Crippen LogP contribution in [0.4, 0.5) is 35.9 Å². The molecule has 4 aliphatic rings. The zero-order valence-corrected chi connectivity index (χ0v) is 60.0. The van der Waals surface area contributed by atoms with Gasteiger partial charge in [0.05, 0.1) is 52.7 Å². The second-order valence-corrected chi connectivity index (χ2v) is 24.7. The van der Waals surface area contributed by atoms with Crippen molar-refractivity contribution in [2.75, 3.05) is 221 Å². The van der Waals surface area contributed by atoms with Gasteiger partial charge in [-0.2, -0.15) is 0 Å². The highest BCUT2D eigenvalue weighted by Gasteiger charge is 2.34. The summed E-state index contributed by atoms with van der Waals surface area (Å²) >= 11 is 0. The molecule has 2 unspecified atom stereocenters. The lowest BCUT2D eigenvalue weighted by molar-refractivity contribution is -0.240. The van der Waals surface area contributed by atoms with Crippen molar-refractivity contribution in [2.24, 2.45) is 0 Å². The maximum Gasteiger partial charge on any atom is 0.412 e. The maximum atomic E-state index is 12.8. The molecule has 28 heteroatoms. The van der Waals surface area contributed by atoms with Crippen LogP contribution in [0.3, 0.4) is 0 Å². The molecule has 0 radical (unpaired) electrons. The summed E-state index contributed by atoms with van der Waals surface area (Å²) in [5.41, 5.74) is -1.21. The highest BCUT2D eigenvalue weighted by atomic mass is 19.1. The molecular weight excluding hydrogens is 1230 g/mol. The van der Waals surface area contributed by atoms with E-state index in [0.717, 1.165) is 108 Å². The van der Waals surface area contributed by atoms with Gasteiger partial charge < -0.3 is 76.1 Å². The second kappa shape index (κ2) is 59.5. The van der Waals surface area contributed by atoms with Gasteiger partial charge in [-0.25, -0.2) is 35.9 Å². The number of hydrogen-bond acceptors (Lipinski definition) is 20. The molecule has 0 aromatic carbocycles. The molecule has 22 nitrogen and oxygen atoms in total. The van der Waals surface area contributed by atoms with E-state index < -0.39 is 56.2 Å². The van der Waals surface area contributed by atoms with Crippen molar-refractivity contribution in [3.63, 3.8) is 0 Å². The number of ether oxygens (including phenoxy) is 14. The normalized spacial score (nSPS) is 17.9. The Kier molecular flexibility index (Phi) is 59.2. The molecule has 2 aliphatic heterocycles. The molecular formula is C65H130F6N6O16. The fraction of sp³-hybridized carbons (Fsp3) is 0.969. The van der Waals surface area contributed by atoms with Gasteiger partial charge >= 0.3 is 12.2 Å². The van der Waals surface area contributed by atoms with Crippen LogP contribution in [-0.4, -0.2) is 298 Å². The lowest BCUT2D eigenvalue weighted by Gasteiger charge is -2.36. The highest BCUT2D eigenvalue weighted by molar-refractivity contribution is 5.68. The van der Waals surface area contributed by atoms with E-state index in [1.807, 2.05) is 25.8 Å². The van der Waals surface area contributed by atoms with Crippen molar-refractivity contribution >= 4 is 12.2 Å². The van der Waals surface area contributed by atoms with Gasteiger partial charge in [0, 0.05) is 113 Å². The molecule has 0 N–H and O–H groups in total. The molecule has 2 amide bonds. The third-order valence-electron chi connectivity index (χ3n) is 14.7. The molecule has 0 aromatic heterocycles. The van der Waals surface area contributed by atoms with Gasteiger partial charge in [-0.05, 0) is 133 Å². The largest absolute Gasteiger partial charge is 0.444 e. The minimum Gasteiger partial charge on any atom is -0.444 e. The van der Waals surface area contributed by atoms with E-state index in [4.69, 9.17) is 56.8 Å². The standard InChI is InChI=1S/C14H26FNO4.C13H24FNO4.C13H26FNO2.C12H24FNO2.C7H16FNO2.C6H14FNO2/c1-14(2,3)20-13(17)16(8-7-15)9-11-19-12-6-4-5-10-18-12;1-13(2,3)19-12(16)15(10-14)7-9-18-11-6-4-5-8-17-11;1-3-15(10-9-14)11-12-17-13(16-2)7-5-4-6-8-13;1-3-14(11-13)9-10-16-12(15-2)7-5-4-6-8-12;1-9(4-3-8)5-6-11-7-10-2;1-8(5-7)3-4-10-6-9-2/h12H,4-11H2,1-3H3;11H,4-10H2,1-3H3;3-12H2,1-2H3;3-11H2,1-2H3;3-7H2,1-2H3;3-6H2,1-2H3. The van der Waals surface area contributed by atoms with E-state index in [1.54, 1.807) is 81.9 Å². The van der Waals surface area contributed by atoms with E-state index >= 15 is 0 Å². The molecule has 93 heavy (non-hydrogen) atoms. The van der Waals surface area contributed by atoms with Crippen molar-refractivity contribution in [3.8, 4) is 0 Å². The Bertz CT molecular complexity index is 1670. The Labute approximate surface area is 557 Å². The van der Waals surface area contributed by atoms with Crippen molar-refractivity contribution in [2.45, 2.75) is 193 Å². The predicted octanol–water partition coefficient (Wildman–Crippen LogP) is 11.6. The average Bonchev–Trinajstić information content (AvgIpc) is 2.80. The summed E-state index contributed by atoms with van der Waals surface area (Å²) in [5.74, 6) is -0.763. The van der Waals surface area contributed by atoms with Crippen LogP contribution in [0.25, 0.3) is 0 Å². The van der Waals surface area contributed by atoms with E-state index in [0.29, 0.717) is 85.8 Å². The molecule has 558 valence electrons. The van der Waals surface area contributed by atoms with Crippen molar-refractivity contribution < 1.29 is 102 Å². The zero-order chi connectivity index (χ0) is 70.1. The number of nitrogens with zero attached hydrogens (tertiary/aromatic N) is 6. The first kappa shape index (κ1) is 92.5. The third-order valence-corrected chi connectivity index (χ3v) is 14.7. The molecule has 0 aromatic rings. The molecule has 2 saturated heterocycles. The maximum absolute atomic E-state index is 12.8. The molecule has 2 aliphatic carbocycles. The minimum atomic E-state index is -0.885. The van der Waals surface area contributed by atoms with Crippen LogP contribution in [0.2, 0.25) is 0 Å². The van der Waals surface area contributed by atoms with E-state index in [-0.39, 0.29) is 58.2 Å². The minimum absolute atomic E-state index is 0.0177. The van der Waals surface area contributed by atoms with E-state index in [9.17, 15) is 35.9 Å². The number of rotatable bonds is 39. The molecule has 2 saturated carbocycles. The summed E-state index contributed by atoms with van der Waals surface area (Å²) in [7, 11) is 10.1. The molecule has 0 bridgehead atoms. The molecule has 0 spiro atoms. The summed E-state index contributed by atoms with van der Waals surface area (Å²) in [6.45, 7) is 22.3. The van der Waals surface area contributed by atoms with Gasteiger partial charge in [0.1, 0.15) is 58.4 Å². The smallest absolute Gasteiger partial charge is 0.412 e. The van der Waals surface area contributed by atoms with E-state index in [2.05, 4.69) is 14.4 Å². The van der Waals surface area contributed by atoms with Gasteiger partial charge in [-0.1, -0.05) is 26.7 Å². The van der Waals surface area contributed by atoms with Crippen LogP contribution in [0.15, 0.2) is 0 Å². The number of carbonyl (C=O) groups excluding carboxylic acids is 2. The van der Waals surface area contributed by atoms with Crippen LogP contribution < -0.4 is 0 Å². The molecule has 2 atom stereocenters. The summed E-state index contributed by atoms with van der Waals surface area (Å²) in [6, 6.07) is 0. The van der Waals surface area contributed by atoms with Crippen LogP contribution in [0.5, 0.6) is 0 Å². The first-order valence-corrected chi connectivity index (χ1v) is 33.6. The predicted molar refractivity (Wildman–Crippen MR) is 348 cm³/mol. The number of amides is 2. The summed E-state index contributed by atoms with van der Waals surface area (Å²) in [5, 5.41) is 0. The van der Waals surface area contributed by atoms with Crippen molar-refractivity contribution in [1.29, 1.82) is 0 Å². The van der Waals surface area contributed by atoms with Gasteiger partial charge in [0.25, 0.3) is 0 Å². The Morgan fingerprint density at radius 3 is 1.23 bits per heavy atom. The van der Waals surface area contributed by atoms with Crippen LogP contribution >= 0.6 is 0 Å². The first-order chi connectivity index (χ1) is 44.5. The second-order valence-electron chi connectivity index (χ2n) is 24.7.